The average molecular weight is 1000 g/mol. The number of para-hydroxylation sites is 8. The molecule has 0 aromatic heterocycles. The van der Waals surface area contributed by atoms with Crippen molar-refractivity contribution in [2.24, 2.45) is 0 Å². The van der Waals surface area contributed by atoms with Crippen molar-refractivity contribution in [2.75, 3.05) is 14.7 Å². The zero-order valence-electron chi connectivity index (χ0n) is 42.6. The summed E-state index contributed by atoms with van der Waals surface area (Å²) in [5.74, 6) is 6.49. The normalized spacial score (nSPS) is 13.8. The van der Waals surface area contributed by atoms with Crippen molar-refractivity contribution in [3.05, 3.63) is 242 Å². The van der Waals surface area contributed by atoms with Gasteiger partial charge in [-0.25, -0.2) is 0 Å². The maximum absolute atomic E-state index is 7.62. The zero-order valence-corrected chi connectivity index (χ0v) is 42.6. The fourth-order valence-electron chi connectivity index (χ4n) is 13.7. The molecule has 364 valence electrons. The molecule has 11 aromatic rings. The Bertz CT molecular complexity index is 4090. The van der Waals surface area contributed by atoms with Crippen LogP contribution in [0.25, 0.3) is 0 Å². The monoisotopic (exact) mass is 999 g/mol. The summed E-state index contributed by atoms with van der Waals surface area (Å²) in [4.78, 5) is 7.35. The van der Waals surface area contributed by atoms with Crippen LogP contribution in [0.5, 0.6) is 46.0 Å². The summed E-state index contributed by atoms with van der Waals surface area (Å²) >= 11 is 0. The Morgan fingerprint density at radius 1 is 0.282 bits per heavy atom. The second kappa shape index (κ2) is 16.4. The minimum atomic E-state index is -0.441. The molecule has 0 saturated heterocycles. The lowest BCUT2D eigenvalue weighted by Gasteiger charge is -2.48. The average Bonchev–Trinajstić information content (AvgIpc) is 3.40. The van der Waals surface area contributed by atoms with E-state index in [1.165, 1.54) is 0 Å². The number of ether oxygens (including phenoxy) is 4. The third kappa shape index (κ3) is 6.02. The summed E-state index contributed by atoms with van der Waals surface area (Å²) in [6.45, 7) is 3.68. The predicted molar refractivity (Wildman–Crippen MR) is 320 cm³/mol. The quantitative estimate of drug-likeness (QED) is 0.159. The minimum absolute atomic E-state index is 0.151. The molecule has 0 bridgehead atoms. The first-order valence-electron chi connectivity index (χ1n) is 26.8. The second-order valence-corrected chi connectivity index (χ2v) is 21.1. The van der Waals surface area contributed by atoms with Crippen LogP contribution < -0.4 is 82.8 Å². The van der Waals surface area contributed by atoms with Crippen molar-refractivity contribution < 1.29 is 18.9 Å². The van der Waals surface area contributed by atoms with E-state index in [-0.39, 0.29) is 13.4 Å². The molecule has 0 atom stereocenters. The Hall–Kier alpha value is -9.79. The Labute approximate surface area is 453 Å². The van der Waals surface area contributed by atoms with Gasteiger partial charge in [0.15, 0.2) is 0 Å². The van der Waals surface area contributed by atoms with Gasteiger partial charge < -0.3 is 33.6 Å². The fourth-order valence-corrected chi connectivity index (χ4v) is 13.7. The minimum Gasteiger partial charge on any atom is -0.459 e. The van der Waals surface area contributed by atoms with Crippen LogP contribution in [0.2, 0.25) is 0 Å². The highest BCUT2D eigenvalue weighted by atomic mass is 16.5. The molecule has 10 heteroatoms. The maximum atomic E-state index is 7.62. The molecule has 7 nitrogen and oxygen atoms in total. The van der Waals surface area contributed by atoms with Crippen molar-refractivity contribution in [2.45, 2.75) is 13.8 Å². The predicted octanol–water partition coefficient (Wildman–Crippen LogP) is 11.3. The van der Waals surface area contributed by atoms with Gasteiger partial charge in [0.05, 0.1) is 5.69 Å². The fraction of sp³-hybridized carbons (Fsp3) is 0.0294. The first-order chi connectivity index (χ1) is 38.6. The van der Waals surface area contributed by atoms with Gasteiger partial charge in [-0.15, -0.1) is 0 Å². The van der Waals surface area contributed by atoms with Crippen molar-refractivity contribution in [1.29, 1.82) is 0 Å². The van der Waals surface area contributed by atoms with E-state index >= 15 is 0 Å². The highest BCUT2D eigenvalue weighted by molar-refractivity contribution is 7.05. The van der Waals surface area contributed by atoms with Crippen molar-refractivity contribution in [3.63, 3.8) is 0 Å². The molecular weight excluding hydrogens is 955 g/mol. The lowest BCUT2D eigenvalue weighted by atomic mass is 9.28. The van der Waals surface area contributed by atoms with E-state index in [1.54, 1.807) is 0 Å². The molecule has 0 spiro atoms. The largest absolute Gasteiger partial charge is 0.459 e. The van der Waals surface area contributed by atoms with Gasteiger partial charge in [0.1, 0.15) is 46.0 Å². The molecule has 0 radical (unpaired) electrons. The van der Waals surface area contributed by atoms with Crippen LogP contribution in [0, 0.1) is 13.8 Å². The Morgan fingerprint density at radius 3 is 1.04 bits per heavy atom. The van der Waals surface area contributed by atoms with Crippen LogP contribution in [0.1, 0.15) is 11.1 Å². The van der Waals surface area contributed by atoms with Crippen molar-refractivity contribution >= 4 is 120 Å². The maximum Gasteiger partial charge on any atom is 0.261 e. The van der Waals surface area contributed by atoms with Gasteiger partial charge in [-0.05, 0) is 136 Å². The van der Waals surface area contributed by atoms with Crippen LogP contribution >= 0.6 is 0 Å². The first-order valence-corrected chi connectivity index (χ1v) is 26.8. The molecule has 0 unspecified atom stereocenters. The second-order valence-electron chi connectivity index (χ2n) is 21.1. The van der Waals surface area contributed by atoms with Gasteiger partial charge in [0, 0.05) is 68.6 Å². The Kier molecular flexibility index (Phi) is 9.11. The summed E-state index contributed by atoms with van der Waals surface area (Å²) in [5.41, 5.74) is 21.1. The van der Waals surface area contributed by atoms with E-state index in [0.29, 0.717) is 0 Å². The van der Waals surface area contributed by atoms with Gasteiger partial charge >= 0.3 is 0 Å². The number of fused-ring (bicyclic) bond motifs is 14. The Morgan fingerprint density at radius 2 is 0.628 bits per heavy atom. The lowest BCUT2D eigenvalue weighted by molar-refractivity contribution is 0.466. The standard InChI is InChI=1S/C68H44B3N3O4/c1-41-21-9-15-31-50(41)73-52-37-45(72(43-23-5-3-6-24-43)44-25-7-4-8-26-44)38-53-62(52)71(63-54(73)39-60-65-67(63)77-58-35-19-13-29-48(58)69(65)46-27-11-17-33-56(46)75-60)64-55(74(53)51-32-16-10-22-42(51)2)40-61-66-68(64)78-59-36-20-14-30-49(59)70(66)47-28-12-18-34-57(47)76-61/h3-40H,1-2H3. The molecule has 78 heavy (non-hydrogen) atoms. The number of rotatable bonds is 5. The van der Waals surface area contributed by atoms with Crippen LogP contribution in [0.4, 0.5) is 51.2 Å². The molecule has 6 heterocycles. The van der Waals surface area contributed by atoms with Gasteiger partial charge in [-0.2, -0.15) is 0 Å². The molecule has 0 aliphatic carbocycles. The number of hydrogen-bond acceptors (Lipinski definition) is 7. The number of benzene rings is 11. The molecule has 0 fully saturated rings. The highest BCUT2D eigenvalue weighted by Gasteiger charge is 2.54. The molecule has 11 aromatic carbocycles. The molecule has 0 N–H and O–H groups in total. The molecule has 0 amide bonds. The zero-order chi connectivity index (χ0) is 51.3. The van der Waals surface area contributed by atoms with Gasteiger partial charge in [0.25, 0.3) is 20.1 Å². The number of hydrogen-bond donors (Lipinski definition) is 0. The third-order valence-corrected chi connectivity index (χ3v) is 16.9. The topological polar surface area (TPSA) is 46.6 Å². The molecule has 0 saturated carbocycles. The van der Waals surface area contributed by atoms with Crippen molar-refractivity contribution in [3.8, 4) is 46.0 Å². The number of nitrogens with zero attached hydrogens (tertiary/aromatic N) is 3. The summed E-state index contributed by atoms with van der Waals surface area (Å²) < 4.78 is 29.6. The smallest absolute Gasteiger partial charge is 0.261 e. The van der Waals surface area contributed by atoms with Crippen LogP contribution in [0.3, 0.4) is 0 Å². The molecule has 6 aliphatic heterocycles. The molecule has 6 aliphatic rings. The highest BCUT2D eigenvalue weighted by Crippen LogP contribution is 2.53. The summed E-state index contributed by atoms with van der Waals surface area (Å²) in [5, 5.41) is 0. The third-order valence-electron chi connectivity index (χ3n) is 16.9. The van der Waals surface area contributed by atoms with Crippen LogP contribution in [-0.4, -0.2) is 20.1 Å². The van der Waals surface area contributed by atoms with Crippen molar-refractivity contribution in [1.82, 2.24) is 0 Å². The lowest BCUT2D eigenvalue weighted by Crippen LogP contribution is -2.66. The van der Waals surface area contributed by atoms with E-state index in [9.17, 15) is 0 Å². The number of anilines is 9. The van der Waals surface area contributed by atoms with Gasteiger partial charge in [-0.3, -0.25) is 0 Å². The summed E-state index contributed by atoms with van der Waals surface area (Å²) in [6, 6.07) is 82.4. The van der Waals surface area contributed by atoms with E-state index in [0.717, 1.165) is 157 Å². The molecular formula is C68H44B3N3O4. The van der Waals surface area contributed by atoms with E-state index in [2.05, 4.69) is 259 Å². The molecule has 17 rings (SSSR count). The van der Waals surface area contributed by atoms with E-state index in [1.807, 2.05) is 0 Å². The first kappa shape index (κ1) is 43.5. The van der Waals surface area contributed by atoms with Gasteiger partial charge in [-0.1, -0.05) is 146 Å². The number of aryl methyl sites for hydroxylation is 2. The summed E-state index contributed by atoms with van der Waals surface area (Å²) in [7, 11) is 0. The van der Waals surface area contributed by atoms with E-state index < -0.39 is 6.71 Å². The van der Waals surface area contributed by atoms with Crippen LogP contribution in [0.15, 0.2) is 231 Å². The van der Waals surface area contributed by atoms with E-state index in [4.69, 9.17) is 18.9 Å². The summed E-state index contributed by atoms with van der Waals surface area (Å²) in [6.07, 6.45) is 0. The Balaban J connectivity index is 1.06. The SMILES string of the molecule is Cc1ccccc1N1c2cc(N(c3ccccc3)c3ccccc3)cc3c2B(c2c1cc1c4c2Oc2ccccc2B4c2ccccc2O1)c1c(cc2c4c1Oc1ccccc1B4c1ccccc1O2)N3c1ccccc1C. The van der Waals surface area contributed by atoms with Gasteiger partial charge in [0.2, 0.25) is 0 Å². The van der Waals surface area contributed by atoms with Crippen LogP contribution in [-0.2, 0) is 0 Å².